The predicted molar refractivity (Wildman–Crippen MR) is 226 cm³/mol. The number of nitrogens with zero attached hydrogens (tertiary/aromatic N) is 6. The van der Waals surface area contributed by atoms with Gasteiger partial charge in [0, 0.05) is 48.2 Å². The van der Waals surface area contributed by atoms with E-state index in [9.17, 15) is 14.7 Å². The zero-order valence-electron chi connectivity index (χ0n) is 37.4. The second kappa shape index (κ2) is 18.4. The lowest BCUT2D eigenvalue weighted by atomic mass is 9.72. The number of amides is 1. The first-order valence-electron chi connectivity index (χ1n) is 21.9. The number of fused-ring (bicyclic) bond motifs is 4. The number of imidazole rings is 1. The average Bonchev–Trinajstić information content (AvgIpc) is 3.81. The third kappa shape index (κ3) is 9.12. The molecule has 4 saturated heterocycles. The topological polar surface area (TPSA) is 168 Å². The van der Waals surface area contributed by atoms with Crippen molar-refractivity contribution in [3.63, 3.8) is 0 Å². The first-order valence-corrected chi connectivity index (χ1v) is 21.9. The summed E-state index contributed by atoms with van der Waals surface area (Å²) >= 11 is 0. The molecular formula is C45H66N6O10. The first-order chi connectivity index (χ1) is 29.0. The fourth-order valence-electron chi connectivity index (χ4n) is 10.6. The molecule has 4 bridgehead atoms. The molecule has 0 unspecified atom stereocenters. The van der Waals surface area contributed by atoms with Crippen LogP contribution in [0.4, 0.5) is 4.79 Å². The van der Waals surface area contributed by atoms with Crippen LogP contribution in [-0.4, -0.2) is 148 Å². The fraction of sp³-hybridized carbons (Fsp3) is 0.711. The lowest BCUT2D eigenvalue weighted by Gasteiger charge is -2.48. The number of cyclic esters (lactones) is 1. The standard InChI is InChI=1S/C45H66N6O10/c1-11-35-45(8)39-28(4)36(47-17-19-51(39)43(54)61-45)26(2)21-44(7)40(60-42-37(52)34(49(9)10)20-27(3)58-42)29(5)38(30(6)41(53)59-35)55-23-32(24-56-44)48-57-22-31-12-14-33(15-13-31)50-18-16-46-25-50/h12-16,18,25-30,34-35,37-40,42,52H,11,17,19-24H2,1-10H3/b48-32+/t26-,27+,28+,29+,30-,34-,35-,37+,38+,39-,40-,42-,44-,45-/m1/s1. The summed E-state index contributed by atoms with van der Waals surface area (Å²) in [6.45, 7) is 16.8. The summed E-state index contributed by atoms with van der Waals surface area (Å²) in [6.07, 6.45) is 1.92. The number of rotatable bonds is 8. The molecule has 5 aliphatic rings. The highest BCUT2D eigenvalue weighted by Gasteiger charge is 2.60. The van der Waals surface area contributed by atoms with Crippen LogP contribution in [0.1, 0.15) is 80.2 Å². The van der Waals surface area contributed by atoms with Crippen LogP contribution < -0.4 is 0 Å². The number of carbonyl (C=O) groups excluding carboxylic acids is 2. The van der Waals surface area contributed by atoms with Gasteiger partial charge in [0.15, 0.2) is 11.9 Å². The van der Waals surface area contributed by atoms with Gasteiger partial charge in [0.25, 0.3) is 0 Å². The van der Waals surface area contributed by atoms with E-state index in [0.29, 0.717) is 38.1 Å². The van der Waals surface area contributed by atoms with E-state index in [1.165, 1.54) is 0 Å². The van der Waals surface area contributed by atoms with Crippen molar-refractivity contribution in [3.8, 4) is 5.69 Å². The van der Waals surface area contributed by atoms with Crippen molar-refractivity contribution >= 4 is 23.5 Å². The minimum Gasteiger partial charge on any atom is -0.458 e. The number of aliphatic hydroxyl groups excluding tert-OH is 1. The maximum Gasteiger partial charge on any atom is 0.410 e. The summed E-state index contributed by atoms with van der Waals surface area (Å²) in [4.78, 5) is 47.1. The third-order valence-electron chi connectivity index (χ3n) is 13.7. The van der Waals surface area contributed by atoms with Crippen molar-refractivity contribution in [3.05, 3.63) is 48.5 Å². The number of carbonyl (C=O) groups is 2. The van der Waals surface area contributed by atoms with Crippen LogP contribution in [0.25, 0.3) is 5.69 Å². The van der Waals surface area contributed by atoms with Crippen LogP contribution >= 0.6 is 0 Å². The molecule has 0 saturated carbocycles. The van der Waals surface area contributed by atoms with Crippen molar-refractivity contribution in [2.75, 3.05) is 40.4 Å². The Morgan fingerprint density at radius 2 is 1.80 bits per heavy atom. The Bertz CT molecular complexity index is 1890. The average molecular weight is 851 g/mol. The van der Waals surface area contributed by atoms with Gasteiger partial charge in [0.05, 0.1) is 62.0 Å². The van der Waals surface area contributed by atoms with Gasteiger partial charge in [-0.25, -0.2) is 9.78 Å². The van der Waals surface area contributed by atoms with E-state index in [2.05, 4.69) is 24.0 Å². The van der Waals surface area contributed by atoms with E-state index < -0.39 is 71.8 Å². The van der Waals surface area contributed by atoms with Crippen molar-refractivity contribution in [1.29, 1.82) is 0 Å². The summed E-state index contributed by atoms with van der Waals surface area (Å²) in [5.41, 5.74) is 1.07. The van der Waals surface area contributed by atoms with Gasteiger partial charge < -0.3 is 47.8 Å². The Hall–Kier alpha value is -3.93. The van der Waals surface area contributed by atoms with Gasteiger partial charge >= 0.3 is 12.1 Å². The number of oxime groups is 1. The van der Waals surface area contributed by atoms with Crippen LogP contribution in [-0.2, 0) is 44.7 Å². The molecule has 2 aromatic rings. The second-order valence-corrected chi connectivity index (χ2v) is 18.4. The van der Waals surface area contributed by atoms with Crippen LogP contribution in [0.3, 0.4) is 0 Å². The molecule has 16 heteroatoms. The monoisotopic (exact) mass is 850 g/mol. The smallest absolute Gasteiger partial charge is 0.410 e. The Balaban J connectivity index is 1.27. The number of hydrogen-bond acceptors (Lipinski definition) is 14. The number of benzene rings is 1. The lowest BCUT2D eigenvalue weighted by molar-refractivity contribution is -0.302. The highest BCUT2D eigenvalue weighted by atomic mass is 16.7. The van der Waals surface area contributed by atoms with E-state index in [-0.39, 0.29) is 43.8 Å². The maximum atomic E-state index is 14.6. The minimum absolute atomic E-state index is 0.000148. The van der Waals surface area contributed by atoms with Crippen LogP contribution in [0, 0.1) is 23.7 Å². The summed E-state index contributed by atoms with van der Waals surface area (Å²) < 4.78 is 41.8. The predicted octanol–water partition coefficient (Wildman–Crippen LogP) is 5.03. The quantitative estimate of drug-likeness (QED) is 0.278. The van der Waals surface area contributed by atoms with E-state index in [1.807, 2.05) is 88.6 Å². The molecule has 6 heterocycles. The normalized spacial score (nSPS) is 39.4. The summed E-state index contributed by atoms with van der Waals surface area (Å²) in [5.74, 6) is -2.25. The third-order valence-corrected chi connectivity index (χ3v) is 13.7. The minimum atomic E-state index is -1.14. The Morgan fingerprint density at radius 1 is 1.05 bits per heavy atom. The molecule has 0 spiro atoms. The van der Waals surface area contributed by atoms with Crippen LogP contribution in [0.15, 0.2) is 53.1 Å². The van der Waals surface area contributed by atoms with Gasteiger partial charge in [-0.3, -0.25) is 14.7 Å². The lowest BCUT2D eigenvalue weighted by Crippen LogP contribution is -2.60. The number of aromatic nitrogens is 2. The van der Waals surface area contributed by atoms with Crippen molar-refractivity contribution < 1.29 is 48.0 Å². The maximum absolute atomic E-state index is 14.6. The van der Waals surface area contributed by atoms with Gasteiger partial charge in [0.2, 0.25) is 0 Å². The van der Waals surface area contributed by atoms with E-state index >= 15 is 0 Å². The number of aliphatic imine (C=N–C) groups is 1. The Labute approximate surface area is 359 Å². The molecule has 336 valence electrons. The number of esters is 1. The van der Waals surface area contributed by atoms with E-state index in [0.717, 1.165) is 17.0 Å². The molecule has 1 amide bonds. The molecule has 1 aromatic carbocycles. The second-order valence-electron chi connectivity index (χ2n) is 18.4. The largest absolute Gasteiger partial charge is 0.458 e. The summed E-state index contributed by atoms with van der Waals surface area (Å²) in [7, 11) is 3.88. The van der Waals surface area contributed by atoms with Gasteiger partial charge in [-0.15, -0.1) is 0 Å². The highest BCUT2D eigenvalue weighted by Crippen LogP contribution is 2.45. The number of aliphatic hydroxyl groups is 1. The summed E-state index contributed by atoms with van der Waals surface area (Å²) in [5, 5.41) is 16.4. The molecule has 0 radical (unpaired) electrons. The molecule has 0 aliphatic carbocycles. The molecule has 1 aromatic heterocycles. The zero-order valence-corrected chi connectivity index (χ0v) is 37.4. The fourth-order valence-corrected chi connectivity index (χ4v) is 10.6. The Morgan fingerprint density at radius 3 is 2.49 bits per heavy atom. The van der Waals surface area contributed by atoms with Crippen molar-refractivity contribution in [2.45, 2.75) is 141 Å². The van der Waals surface area contributed by atoms with Gasteiger partial charge in [-0.1, -0.05) is 45.0 Å². The molecule has 16 nitrogen and oxygen atoms in total. The van der Waals surface area contributed by atoms with Gasteiger partial charge in [0.1, 0.15) is 24.5 Å². The van der Waals surface area contributed by atoms with E-state index in [1.54, 1.807) is 24.3 Å². The van der Waals surface area contributed by atoms with Gasteiger partial charge in [-0.2, -0.15) is 0 Å². The number of likely N-dealkylation sites (N-methyl/N-ethyl adjacent to an activating group) is 1. The summed E-state index contributed by atoms with van der Waals surface area (Å²) in [6, 6.07) is 7.27. The number of hydrogen-bond donors (Lipinski definition) is 1. The molecule has 5 aliphatic heterocycles. The first kappa shape index (κ1) is 45.1. The Kier molecular flexibility index (Phi) is 13.6. The zero-order chi connectivity index (χ0) is 43.8. The van der Waals surface area contributed by atoms with E-state index in [4.69, 9.17) is 38.3 Å². The molecule has 1 N–H and O–H groups in total. The van der Waals surface area contributed by atoms with Gasteiger partial charge in [-0.05, 0) is 84.7 Å². The van der Waals surface area contributed by atoms with Crippen molar-refractivity contribution in [2.24, 2.45) is 33.8 Å². The van der Waals surface area contributed by atoms with Crippen LogP contribution in [0.2, 0.25) is 0 Å². The van der Waals surface area contributed by atoms with Crippen molar-refractivity contribution in [1.82, 2.24) is 19.4 Å². The van der Waals surface area contributed by atoms with Crippen LogP contribution in [0.5, 0.6) is 0 Å². The molecule has 61 heavy (non-hydrogen) atoms. The molecule has 14 atom stereocenters. The molecule has 4 fully saturated rings. The number of ether oxygens (including phenoxy) is 6. The SMILES string of the molecule is CC[C@H]1OC(=O)[C@H](C)[C@H]2OC/C(=N\OCc3ccc(-n4ccnc4)cc3)CO[C@](C)(C[C@@H](C)C3=NCCN4C(=O)O[C@@]1(C)[C@H]4[C@H]3C)[C@H](O[C@H]1O[C@@H](C)C[C@@H](N(C)C)[C@@H]1O)[C@H]2C. The molecule has 7 rings (SSSR count). The molecular weight excluding hydrogens is 785 g/mol. The highest BCUT2D eigenvalue weighted by molar-refractivity contribution is 5.91.